The third kappa shape index (κ3) is 1.70. The zero-order valence-corrected chi connectivity index (χ0v) is 12.3. The maximum atomic E-state index is 4.68. The molecule has 0 radical (unpaired) electrons. The first-order valence-electron chi connectivity index (χ1n) is 6.72. The Balaban J connectivity index is 1.73. The van der Waals surface area contributed by atoms with Gasteiger partial charge in [0.2, 0.25) is 5.95 Å². The van der Waals surface area contributed by atoms with Gasteiger partial charge in [-0.15, -0.1) is 5.10 Å². The van der Waals surface area contributed by atoms with E-state index in [4.69, 9.17) is 0 Å². The molecule has 100 valence electrons. The molecule has 1 N–H and O–H groups in total. The van der Waals surface area contributed by atoms with Crippen LogP contribution < -0.4 is 10.2 Å². The van der Waals surface area contributed by atoms with E-state index in [0.717, 1.165) is 47.5 Å². The van der Waals surface area contributed by atoms with E-state index >= 15 is 0 Å². The van der Waals surface area contributed by atoms with E-state index in [1.165, 1.54) is 0 Å². The maximum absolute atomic E-state index is 4.68. The number of hydrogen-bond acceptors (Lipinski definition) is 4. The van der Waals surface area contributed by atoms with Crippen molar-refractivity contribution >= 4 is 27.5 Å². The Labute approximate surface area is 120 Å². The summed E-state index contributed by atoms with van der Waals surface area (Å²) < 4.78 is 2.83. The summed E-state index contributed by atoms with van der Waals surface area (Å²) in [4.78, 5) is 7.04. The highest BCUT2D eigenvalue weighted by atomic mass is 79.9. The smallest absolute Gasteiger partial charge is 0.245 e. The molecule has 2 aromatic heterocycles. The molecular weight excluding hydrogens is 306 g/mol. The van der Waals surface area contributed by atoms with Gasteiger partial charge in [0, 0.05) is 31.9 Å². The highest BCUT2D eigenvalue weighted by molar-refractivity contribution is 9.10. The number of halogens is 1. The molecule has 6 heteroatoms. The number of rotatable bonds is 1. The first-order valence-corrected chi connectivity index (χ1v) is 7.51. The zero-order chi connectivity index (χ0) is 13.0. The lowest BCUT2D eigenvalue weighted by Gasteiger charge is -2.22. The van der Waals surface area contributed by atoms with Gasteiger partial charge in [0.25, 0.3) is 0 Å². The maximum Gasteiger partial charge on any atom is 0.245 e. The molecule has 2 saturated heterocycles. The van der Waals surface area contributed by atoms with Gasteiger partial charge in [-0.1, -0.05) is 0 Å². The Bertz CT molecular complexity index is 625. The second kappa shape index (κ2) is 4.18. The van der Waals surface area contributed by atoms with Crippen molar-refractivity contribution in [1.82, 2.24) is 19.9 Å². The summed E-state index contributed by atoms with van der Waals surface area (Å²) in [7, 11) is 0. The number of pyridine rings is 1. The molecule has 2 aliphatic rings. The number of nitrogens with zero attached hydrogens (tertiary/aromatic N) is 4. The number of fused-ring (bicyclic) bond motifs is 2. The third-order valence-corrected chi connectivity index (χ3v) is 5.11. The zero-order valence-electron chi connectivity index (χ0n) is 10.8. The van der Waals surface area contributed by atoms with Gasteiger partial charge in [-0.05, 0) is 46.8 Å². The predicted octanol–water partition coefficient (Wildman–Crippen LogP) is 1.54. The Hall–Kier alpha value is -1.14. The van der Waals surface area contributed by atoms with Gasteiger partial charge in [-0.25, -0.2) is 4.52 Å². The highest BCUT2D eigenvalue weighted by Gasteiger charge is 2.43. The van der Waals surface area contributed by atoms with Crippen molar-refractivity contribution in [1.29, 1.82) is 0 Å². The minimum absolute atomic E-state index is 0.510. The summed E-state index contributed by atoms with van der Waals surface area (Å²) in [5, 5.41) is 8.10. The Morgan fingerprint density at radius 3 is 3.11 bits per heavy atom. The largest absolute Gasteiger partial charge is 0.336 e. The molecule has 0 amide bonds. The van der Waals surface area contributed by atoms with Gasteiger partial charge in [-0.3, -0.25) is 0 Å². The van der Waals surface area contributed by atoms with Gasteiger partial charge < -0.3 is 10.2 Å². The summed E-state index contributed by atoms with van der Waals surface area (Å²) in [5.74, 6) is 2.33. The molecule has 3 unspecified atom stereocenters. The standard InChI is InChI=1S/C13H16BrN5/c1-8-10-6-15-5-9(10)7-18(8)13-16-12-11(14)3-2-4-19(12)17-13/h2-4,8-10,15H,5-7H2,1H3. The number of aromatic nitrogens is 3. The van der Waals surface area contributed by atoms with Crippen LogP contribution in [0.3, 0.4) is 0 Å². The first kappa shape index (κ1) is 11.7. The average molecular weight is 322 g/mol. The normalized spacial score (nSPS) is 30.2. The molecule has 0 saturated carbocycles. The van der Waals surface area contributed by atoms with Crippen LogP contribution in [0, 0.1) is 11.8 Å². The van der Waals surface area contributed by atoms with Gasteiger partial charge in [-0.2, -0.15) is 4.98 Å². The molecule has 0 bridgehead atoms. The molecule has 2 aliphatic heterocycles. The Kier molecular flexibility index (Phi) is 2.57. The van der Waals surface area contributed by atoms with Gasteiger partial charge in [0.1, 0.15) is 0 Å². The van der Waals surface area contributed by atoms with E-state index in [1.54, 1.807) is 0 Å². The van der Waals surface area contributed by atoms with Crippen LogP contribution in [0.4, 0.5) is 5.95 Å². The summed E-state index contributed by atoms with van der Waals surface area (Å²) >= 11 is 3.53. The minimum Gasteiger partial charge on any atom is -0.336 e. The van der Waals surface area contributed by atoms with E-state index < -0.39 is 0 Å². The van der Waals surface area contributed by atoms with E-state index in [2.05, 4.69) is 43.2 Å². The second-order valence-electron chi connectivity index (χ2n) is 5.51. The van der Waals surface area contributed by atoms with Crippen molar-refractivity contribution in [2.75, 3.05) is 24.5 Å². The van der Waals surface area contributed by atoms with Crippen LogP contribution in [-0.2, 0) is 0 Å². The lowest BCUT2D eigenvalue weighted by Crippen LogP contribution is -2.33. The van der Waals surface area contributed by atoms with Crippen molar-refractivity contribution in [3.8, 4) is 0 Å². The van der Waals surface area contributed by atoms with Crippen LogP contribution in [0.1, 0.15) is 6.92 Å². The van der Waals surface area contributed by atoms with Gasteiger partial charge in [0.05, 0.1) is 4.47 Å². The molecule has 5 nitrogen and oxygen atoms in total. The molecule has 0 aromatic carbocycles. The van der Waals surface area contributed by atoms with Crippen LogP contribution in [-0.4, -0.2) is 40.3 Å². The van der Waals surface area contributed by atoms with Crippen LogP contribution in [0.2, 0.25) is 0 Å². The topological polar surface area (TPSA) is 45.5 Å². The molecule has 2 aromatic rings. The third-order valence-electron chi connectivity index (χ3n) is 4.49. The van der Waals surface area contributed by atoms with Crippen molar-refractivity contribution in [2.24, 2.45) is 11.8 Å². The van der Waals surface area contributed by atoms with Gasteiger partial charge >= 0.3 is 0 Å². The number of hydrogen-bond donors (Lipinski definition) is 1. The van der Waals surface area contributed by atoms with Crippen molar-refractivity contribution < 1.29 is 0 Å². The summed E-state index contributed by atoms with van der Waals surface area (Å²) in [6.45, 7) is 5.60. The van der Waals surface area contributed by atoms with Crippen LogP contribution >= 0.6 is 15.9 Å². The van der Waals surface area contributed by atoms with E-state index in [9.17, 15) is 0 Å². The van der Waals surface area contributed by atoms with Crippen molar-refractivity contribution in [3.63, 3.8) is 0 Å². The quantitative estimate of drug-likeness (QED) is 0.865. The van der Waals surface area contributed by atoms with Crippen LogP contribution in [0.5, 0.6) is 0 Å². The lowest BCUT2D eigenvalue weighted by atomic mass is 9.95. The monoisotopic (exact) mass is 321 g/mol. The summed E-state index contributed by atoms with van der Waals surface area (Å²) in [6, 6.07) is 4.48. The van der Waals surface area contributed by atoms with Crippen molar-refractivity contribution in [2.45, 2.75) is 13.0 Å². The summed E-state index contributed by atoms with van der Waals surface area (Å²) in [6.07, 6.45) is 1.94. The SMILES string of the molecule is CC1C2CNCC2CN1c1nc2c(Br)cccn2n1. The van der Waals surface area contributed by atoms with E-state index in [1.807, 2.05) is 22.8 Å². The number of anilines is 1. The lowest BCUT2D eigenvalue weighted by molar-refractivity contribution is 0.471. The molecule has 0 spiro atoms. The molecule has 4 heterocycles. The summed E-state index contributed by atoms with van der Waals surface area (Å²) in [5.41, 5.74) is 0.889. The average Bonchev–Trinajstić information content (AvgIpc) is 3.06. The Morgan fingerprint density at radius 1 is 1.42 bits per heavy atom. The molecule has 4 rings (SSSR count). The fourth-order valence-electron chi connectivity index (χ4n) is 3.42. The van der Waals surface area contributed by atoms with Crippen molar-refractivity contribution in [3.05, 3.63) is 22.8 Å². The first-order chi connectivity index (χ1) is 9.24. The molecule has 3 atom stereocenters. The molecule has 2 fully saturated rings. The second-order valence-corrected chi connectivity index (χ2v) is 6.37. The van der Waals surface area contributed by atoms with Crippen LogP contribution in [0.25, 0.3) is 5.65 Å². The molecule has 0 aliphatic carbocycles. The molecule has 19 heavy (non-hydrogen) atoms. The van der Waals surface area contributed by atoms with Gasteiger partial charge in [0.15, 0.2) is 5.65 Å². The highest BCUT2D eigenvalue weighted by Crippen LogP contribution is 2.34. The van der Waals surface area contributed by atoms with E-state index in [-0.39, 0.29) is 0 Å². The minimum atomic E-state index is 0.510. The Morgan fingerprint density at radius 2 is 2.32 bits per heavy atom. The fraction of sp³-hybridized carbons (Fsp3) is 0.538. The fourth-order valence-corrected chi connectivity index (χ4v) is 3.84. The molecular formula is C13H16BrN5. The van der Waals surface area contributed by atoms with Crippen LogP contribution in [0.15, 0.2) is 22.8 Å². The number of nitrogens with one attached hydrogen (secondary N) is 1. The predicted molar refractivity (Wildman–Crippen MR) is 77.3 cm³/mol. The van der Waals surface area contributed by atoms with E-state index in [0.29, 0.717) is 6.04 Å².